The van der Waals surface area contributed by atoms with Gasteiger partial charge in [-0.3, -0.25) is 14.4 Å². The first-order valence-electron chi connectivity index (χ1n) is 29.7. The molecule has 0 N–H and O–H groups in total. The lowest BCUT2D eigenvalue weighted by Crippen LogP contribution is -2.30. The summed E-state index contributed by atoms with van der Waals surface area (Å²) >= 11 is 0. The lowest BCUT2D eigenvalue weighted by atomic mass is 10.1. The van der Waals surface area contributed by atoms with Crippen molar-refractivity contribution in [2.45, 2.75) is 258 Å². The lowest BCUT2D eigenvalue weighted by molar-refractivity contribution is -0.167. The zero-order chi connectivity index (χ0) is 52.9. The van der Waals surface area contributed by atoms with E-state index < -0.39 is 6.10 Å². The summed E-state index contributed by atoms with van der Waals surface area (Å²) in [4.78, 5) is 38.2. The fraction of sp³-hybridized carbons (Fsp3) is 0.627. The highest BCUT2D eigenvalue weighted by molar-refractivity contribution is 5.71. The molecule has 1 atom stereocenters. The van der Waals surface area contributed by atoms with Crippen LogP contribution in [-0.2, 0) is 28.6 Å². The Labute approximate surface area is 449 Å². The standard InChI is InChI=1S/C67H108O6/c1-4-7-10-13-16-19-22-25-28-31-33-36-39-42-45-48-51-54-57-60-66(69)72-63-64(62-71-65(68)59-56-53-50-47-44-41-38-35-30-27-24-21-18-15-12-9-6-3)73-67(70)61-58-55-52-49-46-43-40-37-34-32-29-26-23-20-17-14-11-8-5-2/h7-8,10-11,16-17,19-20,25-30,33-34,36-37,42-43,45-46,64H,4-6,9,12-15,18,21-24,31-32,35,38-41,44,47-63H2,1-3H3/b10-7-,11-8-,19-16-,20-17-,28-25-,29-26-,30-27-,36-33-,37-34-,45-42-,46-43-/t64-/m1/s1. The molecule has 0 aromatic heterocycles. The molecule has 412 valence electrons. The third-order valence-corrected chi connectivity index (χ3v) is 12.1. The van der Waals surface area contributed by atoms with Crippen LogP contribution in [0.15, 0.2) is 134 Å². The van der Waals surface area contributed by atoms with E-state index in [9.17, 15) is 14.4 Å². The molecular formula is C67H108O6. The highest BCUT2D eigenvalue weighted by Crippen LogP contribution is 2.14. The molecule has 0 unspecified atom stereocenters. The fourth-order valence-electron chi connectivity index (χ4n) is 7.72. The van der Waals surface area contributed by atoms with E-state index in [2.05, 4.69) is 154 Å². The van der Waals surface area contributed by atoms with Crippen molar-refractivity contribution in [1.29, 1.82) is 0 Å². The first kappa shape index (κ1) is 68.6. The monoisotopic (exact) mass is 1010 g/mol. The molecule has 0 saturated heterocycles. The Morgan fingerprint density at radius 1 is 0.288 bits per heavy atom. The van der Waals surface area contributed by atoms with Gasteiger partial charge < -0.3 is 14.2 Å². The smallest absolute Gasteiger partial charge is 0.306 e. The highest BCUT2D eigenvalue weighted by atomic mass is 16.6. The molecule has 6 nitrogen and oxygen atoms in total. The molecule has 0 aliphatic carbocycles. The predicted octanol–water partition coefficient (Wildman–Crippen LogP) is 20.2. The van der Waals surface area contributed by atoms with Crippen LogP contribution >= 0.6 is 0 Å². The molecule has 0 aliphatic heterocycles. The van der Waals surface area contributed by atoms with Gasteiger partial charge in [-0.05, 0) is 135 Å². The molecule has 0 radical (unpaired) electrons. The maximum absolute atomic E-state index is 12.9. The van der Waals surface area contributed by atoms with E-state index in [4.69, 9.17) is 14.2 Å². The third kappa shape index (κ3) is 58.3. The van der Waals surface area contributed by atoms with Crippen LogP contribution in [0, 0.1) is 0 Å². The average molecular weight is 1010 g/mol. The number of hydrogen-bond donors (Lipinski definition) is 0. The molecule has 0 aliphatic rings. The van der Waals surface area contributed by atoms with Gasteiger partial charge in [0.15, 0.2) is 6.10 Å². The van der Waals surface area contributed by atoms with E-state index in [0.29, 0.717) is 19.3 Å². The summed E-state index contributed by atoms with van der Waals surface area (Å²) < 4.78 is 16.8. The van der Waals surface area contributed by atoms with Crippen molar-refractivity contribution in [3.8, 4) is 0 Å². The Bertz CT molecular complexity index is 1580. The van der Waals surface area contributed by atoms with Gasteiger partial charge in [0, 0.05) is 19.3 Å². The van der Waals surface area contributed by atoms with Crippen molar-refractivity contribution >= 4 is 17.9 Å². The summed E-state index contributed by atoms with van der Waals surface area (Å²) in [5.74, 6) is -0.980. The van der Waals surface area contributed by atoms with Gasteiger partial charge in [-0.25, -0.2) is 0 Å². The van der Waals surface area contributed by atoms with E-state index >= 15 is 0 Å². The van der Waals surface area contributed by atoms with Crippen molar-refractivity contribution < 1.29 is 28.6 Å². The van der Waals surface area contributed by atoms with Crippen molar-refractivity contribution in [2.75, 3.05) is 13.2 Å². The Hall–Kier alpha value is -4.45. The number of carbonyl (C=O) groups excluding carboxylic acids is 3. The second-order valence-electron chi connectivity index (χ2n) is 19.1. The average Bonchev–Trinajstić information content (AvgIpc) is 3.39. The molecule has 73 heavy (non-hydrogen) atoms. The quantitative estimate of drug-likeness (QED) is 0.0261. The van der Waals surface area contributed by atoms with Crippen LogP contribution < -0.4 is 0 Å². The molecule has 0 saturated carbocycles. The van der Waals surface area contributed by atoms with Gasteiger partial charge in [0.05, 0.1) is 0 Å². The van der Waals surface area contributed by atoms with Crippen LogP contribution in [0.5, 0.6) is 0 Å². The van der Waals surface area contributed by atoms with E-state index in [1.165, 1.54) is 77.0 Å². The molecule has 0 spiro atoms. The predicted molar refractivity (Wildman–Crippen MR) is 316 cm³/mol. The molecular weight excluding hydrogens is 901 g/mol. The van der Waals surface area contributed by atoms with E-state index in [0.717, 1.165) is 128 Å². The van der Waals surface area contributed by atoms with Crippen molar-refractivity contribution in [3.63, 3.8) is 0 Å². The van der Waals surface area contributed by atoms with Gasteiger partial charge in [-0.1, -0.05) is 231 Å². The van der Waals surface area contributed by atoms with Crippen molar-refractivity contribution in [2.24, 2.45) is 0 Å². The summed E-state index contributed by atoms with van der Waals surface area (Å²) in [7, 11) is 0. The molecule has 0 rings (SSSR count). The minimum absolute atomic E-state index is 0.109. The van der Waals surface area contributed by atoms with Gasteiger partial charge in [0.2, 0.25) is 0 Å². The van der Waals surface area contributed by atoms with Crippen LogP contribution in [0.3, 0.4) is 0 Å². The van der Waals surface area contributed by atoms with Crippen LogP contribution in [0.2, 0.25) is 0 Å². The molecule has 0 aromatic carbocycles. The largest absolute Gasteiger partial charge is 0.462 e. The van der Waals surface area contributed by atoms with Gasteiger partial charge in [-0.2, -0.15) is 0 Å². The van der Waals surface area contributed by atoms with E-state index in [-0.39, 0.29) is 37.5 Å². The molecule has 0 heterocycles. The normalized spacial score (nSPS) is 13.1. The number of allylic oxidation sites excluding steroid dienone is 22. The first-order chi connectivity index (χ1) is 36.0. The molecule has 0 aromatic rings. The number of ether oxygens (including phenoxy) is 3. The Kier molecular flexibility index (Phi) is 56.4. The summed E-state index contributed by atoms with van der Waals surface area (Å²) in [5.41, 5.74) is 0. The fourth-order valence-corrected chi connectivity index (χ4v) is 7.72. The van der Waals surface area contributed by atoms with Crippen LogP contribution in [0.4, 0.5) is 0 Å². The van der Waals surface area contributed by atoms with E-state index in [1.807, 2.05) is 0 Å². The zero-order valence-corrected chi connectivity index (χ0v) is 47.1. The Morgan fingerprint density at radius 3 is 0.863 bits per heavy atom. The summed E-state index contributed by atoms with van der Waals surface area (Å²) in [6.07, 6.45) is 84.4. The lowest BCUT2D eigenvalue weighted by Gasteiger charge is -2.18. The van der Waals surface area contributed by atoms with Crippen LogP contribution in [0.25, 0.3) is 0 Å². The minimum Gasteiger partial charge on any atom is -0.462 e. The maximum atomic E-state index is 12.9. The molecule has 0 amide bonds. The Balaban J connectivity index is 4.54. The second-order valence-corrected chi connectivity index (χ2v) is 19.1. The summed E-state index contributed by atoms with van der Waals surface area (Å²) in [5, 5.41) is 0. The number of unbranched alkanes of at least 4 members (excludes halogenated alkanes) is 19. The van der Waals surface area contributed by atoms with Gasteiger partial charge in [0.25, 0.3) is 0 Å². The minimum atomic E-state index is -0.817. The topological polar surface area (TPSA) is 78.9 Å². The number of carbonyl (C=O) groups is 3. The van der Waals surface area contributed by atoms with Gasteiger partial charge in [0.1, 0.15) is 13.2 Å². The van der Waals surface area contributed by atoms with Gasteiger partial charge in [-0.15, -0.1) is 0 Å². The maximum Gasteiger partial charge on any atom is 0.306 e. The van der Waals surface area contributed by atoms with Gasteiger partial charge >= 0.3 is 17.9 Å². The van der Waals surface area contributed by atoms with Crippen LogP contribution in [-0.4, -0.2) is 37.2 Å². The number of esters is 3. The zero-order valence-electron chi connectivity index (χ0n) is 47.1. The molecule has 0 fully saturated rings. The van der Waals surface area contributed by atoms with Crippen LogP contribution in [0.1, 0.15) is 252 Å². The van der Waals surface area contributed by atoms with Crippen molar-refractivity contribution in [3.05, 3.63) is 134 Å². The first-order valence-corrected chi connectivity index (χ1v) is 29.7. The highest BCUT2D eigenvalue weighted by Gasteiger charge is 2.19. The number of rotatable bonds is 52. The SMILES string of the molecule is CC/C=C\C/C=C\C/C=C\C/C=C\C/C=C\CCCCCC(=O)OC[C@@H](COC(=O)CCCCCCCCC/C=C\CCCCCCCC)OC(=O)CCCCC/C=C\C/C=C\C/C=C\C/C=C\C/C=C\CC. The summed E-state index contributed by atoms with van der Waals surface area (Å²) in [6.45, 7) is 6.35. The van der Waals surface area contributed by atoms with E-state index in [1.54, 1.807) is 0 Å². The Morgan fingerprint density at radius 2 is 0.534 bits per heavy atom. The second kappa shape index (κ2) is 60.1. The number of hydrogen-bond acceptors (Lipinski definition) is 6. The third-order valence-electron chi connectivity index (χ3n) is 12.1. The molecule has 0 bridgehead atoms. The summed E-state index contributed by atoms with van der Waals surface area (Å²) in [6, 6.07) is 0. The molecule has 6 heteroatoms. The van der Waals surface area contributed by atoms with Crippen molar-refractivity contribution in [1.82, 2.24) is 0 Å².